The minimum Gasteiger partial charge on any atom is -0.465 e. The molecule has 5 nitrogen and oxygen atoms in total. The van der Waals surface area contributed by atoms with E-state index < -0.39 is 0 Å². The topological polar surface area (TPSA) is 59.0 Å². The molecule has 0 aliphatic carbocycles. The van der Waals surface area contributed by atoms with Crippen LogP contribution in [0.15, 0.2) is 11.6 Å². The second-order valence-electron chi connectivity index (χ2n) is 10.3. The average molecular weight is 498 g/mol. The van der Waals surface area contributed by atoms with E-state index in [0.29, 0.717) is 38.7 Å². The highest BCUT2D eigenvalue weighted by Gasteiger charge is 2.12. The Labute approximate surface area is 218 Å². The van der Waals surface area contributed by atoms with Crippen molar-refractivity contribution >= 4 is 5.97 Å². The van der Waals surface area contributed by atoms with E-state index >= 15 is 0 Å². The molecule has 0 spiro atoms. The Hall–Kier alpha value is -0.910. The summed E-state index contributed by atoms with van der Waals surface area (Å²) in [6, 6.07) is 0. The summed E-state index contributed by atoms with van der Waals surface area (Å²) in [6.45, 7) is 12.5. The van der Waals surface area contributed by atoms with Crippen LogP contribution >= 0.6 is 0 Å². The standard InChI is InChI=1S/C30H59NO4/c1-5-7-9-11-13-15-17-29(18-16-14-12-10-8-6-2)27-35-30(33)20-25-34-26-23-31(22-24-32)21-19-28(3)4/h19,29,32H,5-18,20-27H2,1-4H3. The van der Waals surface area contributed by atoms with Crippen molar-refractivity contribution < 1.29 is 19.4 Å². The third-order valence-electron chi connectivity index (χ3n) is 6.59. The maximum Gasteiger partial charge on any atom is 0.308 e. The molecule has 0 radical (unpaired) electrons. The summed E-state index contributed by atoms with van der Waals surface area (Å²) in [5.41, 5.74) is 1.27. The molecule has 0 unspecified atom stereocenters. The average Bonchev–Trinajstić information content (AvgIpc) is 2.84. The lowest BCUT2D eigenvalue weighted by molar-refractivity contribution is -0.146. The van der Waals surface area contributed by atoms with E-state index in [1.807, 2.05) is 0 Å². The van der Waals surface area contributed by atoms with E-state index in [1.165, 1.54) is 95.5 Å². The molecule has 0 rings (SSSR count). The molecule has 0 aromatic rings. The summed E-state index contributed by atoms with van der Waals surface area (Å²) < 4.78 is 11.3. The Morgan fingerprint density at radius 3 is 1.94 bits per heavy atom. The lowest BCUT2D eigenvalue weighted by Gasteiger charge is -2.19. The number of hydrogen-bond acceptors (Lipinski definition) is 5. The zero-order valence-electron chi connectivity index (χ0n) is 23.8. The van der Waals surface area contributed by atoms with Gasteiger partial charge >= 0.3 is 5.97 Å². The van der Waals surface area contributed by atoms with Crippen molar-refractivity contribution in [3.8, 4) is 0 Å². The number of rotatable bonds is 26. The number of allylic oxidation sites excluding steroid dienone is 1. The summed E-state index contributed by atoms with van der Waals surface area (Å²) in [7, 11) is 0. The third-order valence-corrected chi connectivity index (χ3v) is 6.59. The van der Waals surface area contributed by atoms with Gasteiger partial charge in [0, 0.05) is 19.6 Å². The summed E-state index contributed by atoms with van der Waals surface area (Å²) in [5, 5.41) is 9.22. The second-order valence-corrected chi connectivity index (χ2v) is 10.3. The van der Waals surface area contributed by atoms with Gasteiger partial charge in [-0.25, -0.2) is 0 Å². The molecule has 5 heteroatoms. The Balaban J connectivity index is 4.15. The Morgan fingerprint density at radius 2 is 1.40 bits per heavy atom. The molecule has 208 valence electrons. The van der Waals surface area contributed by atoms with Crippen molar-refractivity contribution in [2.24, 2.45) is 5.92 Å². The van der Waals surface area contributed by atoms with Crippen LogP contribution in [-0.4, -0.2) is 62.0 Å². The Bertz CT molecular complexity index is 475. The van der Waals surface area contributed by atoms with Gasteiger partial charge in [0.1, 0.15) is 0 Å². The van der Waals surface area contributed by atoms with Crippen LogP contribution in [-0.2, 0) is 14.3 Å². The normalized spacial score (nSPS) is 11.4. The van der Waals surface area contributed by atoms with Crippen molar-refractivity contribution in [2.45, 2.75) is 124 Å². The van der Waals surface area contributed by atoms with Crippen LogP contribution in [0.3, 0.4) is 0 Å². The van der Waals surface area contributed by atoms with Gasteiger partial charge in [0.25, 0.3) is 0 Å². The molecule has 0 fully saturated rings. The van der Waals surface area contributed by atoms with Gasteiger partial charge in [0.15, 0.2) is 0 Å². The number of ether oxygens (including phenoxy) is 2. The van der Waals surface area contributed by atoms with Crippen molar-refractivity contribution in [3.63, 3.8) is 0 Å². The van der Waals surface area contributed by atoms with Crippen molar-refractivity contribution in [1.29, 1.82) is 0 Å². The Kier molecular flexibility index (Phi) is 25.5. The molecular weight excluding hydrogens is 438 g/mol. The quantitative estimate of drug-likeness (QED) is 0.0771. The van der Waals surface area contributed by atoms with Crippen molar-refractivity contribution in [3.05, 3.63) is 11.6 Å². The zero-order chi connectivity index (χ0) is 26.0. The fraction of sp³-hybridized carbons (Fsp3) is 0.900. The number of nitrogens with zero attached hydrogens (tertiary/aromatic N) is 1. The van der Waals surface area contributed by atoms with Crippen LogP contribution in [0.25, 0.3) is 0 Å². The van der Waals surface area contributed by atoms with Gasteiger partial charge in [-0.3, -0.25) is 9.69 Å². The van der Waals surface area contributed by atoms with E-state index in [4.69, 9.17) is 9.47 Å². The van der Waals surface area contributed by atoms with Crippen LogP contribution in [0.4, 0.5) is 0 Å². The summed E-state index contributed by atoms with van der Waals surface area (Å²) in [6.07, 6.45) is 20.6. The van der Waals surface area contributed by atoms with Crippen LogP contribution in [0, 0.1) is 5.92 Å². The SMILES string of the molecule is CCCCCCCCC(CCCCCCCC)COC(=O)CCOCCN(CC=C(C)C)CCO. The van der Waals surface area contributed by atoms with Gasteiger partial charge in [0.2, 0.25) is 0 Å². The number of carbonyl (C=O) groups is 1. The van der Waals surface area contributed by atoms with Crippen LogP contribution in [0.1, 0.15) is 124 Å². The molecule has 0 aromatic carbocycles. The molecule has 0 saturated heterocycles. The molecule has 0 amide bonds. The van der Waals surface area contributed by atoms with Gasteiger partial charge in [0.05, 0.1) is 32.8 Å². The maximum atomic E-state index is 12.3. The van der Waals surface area contributed by atoms with Gasteiger partial charge < -0.3 is 14.6 Å². The first-order chi connectivity index (χ1) is 17.0. The van der Waals surface area contributed by atoms with E-state index in [2.05, 4.69) is 38.7 Å². The number of unbranched alkanes of at least 4 members (excludes halogenated alkanes) is 10. The molecule has 1 N–H and O–H groups in total. The highest BCUT2D eigenvalue weighted by Crippen LogP contribution is 2.20. The smallest absolute Gasteiger partial charge is 0.308 e. The van der Waals surface area contributed by atoms with Crippen LogP contribution in [0.2, 0.25) is 0 Å². The largest absolute Gasteiger partial charge is 0.465 e. The minimum absolute atomic E-state index is 0.140. The zero-order valence-corrected chi connectivity index (χ0v) is 23.8. The first kappa shape index (κ1) is 34.1. The van der Waals surface area contributed by atoms with E-state index in [9.17, 15) is 9.90 Å². The molecular formula is C30H59NO4. The summed E-state index contributed by atoms with van der Waals surface area (Å²) in [5.74, 6) is 0.358. The molecule has 35 heavy (non-hydrogen) atoms. The third kappa shape index (κ3) is 24.6. The van der Waals surface area contributed by atoms with Crippen LogP contribution in [0.5, 0.6) is 0 Å². The number of aliphatic hydroxyl groups excluding tert-OH is 1. The summed E-state index contributed by atoms with van der Waals surface area (Å²) in [4.78, 5) is 14.4. The van der Waals surface area contributed by atoms with E-state index in [-0.39, 0.29) is 12.6 Å². The second kappa shape index (κ2) is 26.2. The lowest BCUT2D eigenvalue weighted by atomic mass is 9.95. The molecule has 0 heterocycles. The molecule has 0 aliphatic rings. The molecule has 0 atom stereocenters. The molecule has 0 aliphatic heterocycles. The lowest BCUT2D eigenvalue weighted by Crippen LogP contribution is -2.31. The molecule has 0 aromatic heterocycles. The van der Waals surface area contributed by atoms with Crippen LogP contribution < -0.4 is 0 Å². The number of hydrogen-bond donors (Lipinski definition) is 1. The monoisotopic (exact) mass is 497 g/mol. The maximum absolute atomic E-state index is 12.3. The Morgan fingerprint density at radius 1 is 0.829 bits per heavy atom. The minimum atomic E-state index is -0.141. The highest BCUT2D eigenvalue weighted by molar-refractivity contribution is 5.69. The first-order valence-corrected chi connectivity index (χ1v) is 14.7. The number of esters is 1. The van der Waals surface area contributed by atoms with Gasteiger partial charge in [-0.15, -0.1) is 0 Å². The fourth-order valence-corrected chi connectivity index (χ4v) is 4.22. The van der Waals surface area contributed by atoms with E-state index in [1.54, 1.807) is 0 Å². The molecule has 0 saturated carbocycles. The number of carbonyl (C=O) groups excluding carboxylic acids is 1. The predicted octanol–water partition coefficient (Wildman–Crippen LogP) is 7.31. The first-order valence-electron chi connectivity index (χ1n) is 14.7. The van der Waals surface area contributed by atoms with E-state index in [0.717, 1.165) is 13.1 Å². The van der Waals surface area contributed by atoms with Crippen molar-refractivity contribution in [1.82, 2.24) is 4.90 Å². The summed E-state index contributed by atoms with van der Waals surface area (Å²) >= 11 is 0. The number of aliphatic hydroxyl groups is 1. The molecule has 0 bridgehead atoms. The fourth-order valence-electron chi connectivity index (χ4n) is 4.22. The van der Waals surface area contributed by atoms with Gasteiger partial charge in [-0.05, 0) is 32.6 Å². The van der Waals surface area contributed by atoms with Gasteiger partial charge in [-0.1, -0.05) is 103 Å². The predicted molar refractivity (Wildman–Crippen MR) is 149 cm³/mol. The van der Waals surface area contributed by atoms with Crippen molar-refractivity contribution in [2.75, 3.05) is 46.1 Å². The highest BCUT2D eigenvalue weighted by atomic mass is 16.5. The van der Waals surface area contributed by atoms with Gasteiger partial charge in [-0.2, -0.15) is 0 Å².